The molecule has 98 valence electrons. The van der Waals surface area contributed by atoms with E-state index in [9.17, 15) is 18.4 Å². The molecule has 6 heteroatoms. The van der Waals surface area contributed by atoms with Crippen LogP contribution in [-0.2, 0) is 20.7 Å². The fourth-order valence-electron chi connectivity index (χ4n) is 1.26. The maximum absolute atomic E-state index is 13.4. The van der Waals surface area contributed by atoms with Gasteiger partial charge in [0.25, 0.3) is 0 Å². The fraction of sp³-hybridized carbons (Fsp3) is 0.333. The number of hydrogen-bond acceptors (Lipinski definition) is 3. The van der Waals surface area contributed by atoms with E-state index in [0.717, 1.165) is 0 Å². The molecule has 0 aliphatic heterocycles. The largest absolute Gasteiger partial charge is 0.461 e. The van der Waals surface area contributed by atoms with Crippen molar-refractivity contribution in [3.05, 3.63) is 34.3 Å². The Kier molecular flexibility index (Phi) is 4.95. The second-order valence-electron chi connectivity index (χ2n) is 3.49. The highest BCUT2D eigenvalue weighted by atomic mass is 79.9. The lowest BCUT2D eigenvalue weighted by Crippen LogP contribution is -2.40. The number of esters is 1. The second kappa shape index (κ2) is 6.04. The molecule has 1 aromatic carbocycles. The Hall–Kier alpha value is -1.30. The first-order valence-corrected chi connectivity index (χ1v) is 6.00. The van der Waals surface area contributed by atoms with Crippen LogP contribution in [0.1, 0.15) is 12.5 Å². The van der Waals surface area contributed by atoms with E-state index in [1.165, 1.54) is 13.0 Å². The molecular weight excluding hydrogens is 310 g/mol. The van der Waals surface area contributed by atoms with Gasteiger partial charge in [-0.15, -0.1) is 0 Å². The van der Waals surface area contributed by atoms with Crippen molar-refractivity contribution in [3.63, 3.8) is 0 Å². The Morgan fingerprint density at radius 1 is 1.33 bits per heavy atom. The number of alkyl halides is 2. The maximum Gasteiger partial charge on any atom is 0.400 e. The van der Waals surface area contributed by atoms with Crippen LogP contribution >= 0.6 is 15.9 Å². The van der Waals surface area contributed by atoms with Gasteiger partial charge < -0.3 is 4.74 Å². The second-order valence-corrected chi connectivity index (χ2v) is 4.34. The standard InChI is InChI=1S/C12H11BrF2O3/c1-2-18-11(17)12(14,15)10(16)7-8-5-3-4-6-9(8)13/h3-6H,2,7H2,1H3. The molecule has 0 heterocycles. The molecular formula is C12H11BrF2O3. The summed E-state index contributed by atoms with van der Waals surface area (Å²) in [6, 6.07) is 6.48. The third-order valence-corrected chi connectivity index (χ3v) is 2.96. The van der Waals surface area contributed by atoms with Gasteiger partial charge in [-0.3, -0.25) is 4.79 Å². The van der Waals surface area contributed by atoms with E-state index in [0.29, 0.717) is 10.0 Å². The Balaban J connectivity index is 2.82. The summed E-state index contributed by atoms with van der Waals surface area (Å²) in [5.74, 6) is -7.39. The number of benzene rings is 1. The van der Waals surface area contributed by atoms with Crippen molar-refractivity contribution in [1.29, 1.82) is 0 Å². The molecule has 0 aliphatic rings. The van der Waals surface area contributed by atoms with Crippen LogP contribution in [-0.4, -0.2) is 24.3 Å². The molecule has 0 unspecified atom stereocenters. The summed E-state index contributed by atoms with van der Waals surface area (Å²) in [5, 5.41) is 0. The number of hydrogen-bond donors (Lipinski definition) is 0. The zero-order valence-electron chi connectivity index (χ0n) is 9.58. The number of rotatable bonds is 5. The monoisotopic (exact) mass is 320 g/mol. The van der Waals surface area contributed by atoms with Crippen molar-refractivity contribution in [1.82, 2.24) is 0 Å². The SMILES string of the molecule is CCOC(=O)C(F)(F)C(=O)Cc1ccccc1Br. The van der Waals surface area contributed by atoms with Crippen molar-refractivity contribution >= 4 is 27.7 Å². The fourth-order valence-corrected chi connectivity index (χ4v) is 1.69. The number of ketones is 1. The van der Waals surface area contributed by atoms with E-state index in [2.05, 4.69) is 20.7 Å². The molecule has 0 saturated heterocycles. The van der Waals surface area contributed by atoms with E-state index in [1.807, 2.05) is 0 Å². The Bertz CT molecular complexity index is 460. The van der Waals surface area contributed by atoms with Crippen LogP contribution in [0.5, 0.6) is 0 Å². The normalized spacial score (nSPS) is 11.1. The summed E-state index contributed by atoms with van der Waals surface area (Å²) < 4.78 is 31.5. The van der Waals surface area contributed by atoms with Crippen molar-refractivity contribution < 1.29 is 23.1 Å². The molecule has 0 bridgehead atoms. The maximum atomic E-state index is 13.4. The molecule has 1 rings (SSSR count). The van der Waals surface area contributed by atoms with E-state index in [-0.39, 0.29) is 6.61 Å². The molecule has 0 amide bonds. The van der Waals surface area contributed by atoms with Crippen molar-refractivity contribution in [2.24, 2.45) is 0 Å². The van der Waals surface area contributed by atoms with E-state index in [4.69, 9.17) is 0 Å². The first-order valence-electron chi connectivity index (χ1n) is 5.21. The average Bonchev–Trinajstić information content (AvgIpc) is 2.32. The van der Waals surface area contributed by atoms with Crippen LogP contribution in [0, 0.1) is 0 Å². The Morgan fingerprint density at radius 3 is 2.50 bits per heavy atom. The number of ether oxygens (including phenoxy) is 1. The molecule has 0 aromatic heterocycles. The minimum Gasteiger partial charge on any atom is -0.461 e. The number of halogens is 3. The molecule has 0 atom stereocenters. The van der Waals surface area contributed by atoms with Gasteiger partial charge in [-0.05, 0) is 18.6 Å². The topological polar surface area (TPSA) is 43.4 Å². The molecule has 0 radical (unpaired) electrons. The van der Waals surface area contributed by atoms with Gasteiger partial charge in [-0.2, -0.15) is 8.78 Å². The van der Waals surface area contributed by atoms with Crippen LogP contribution < -0.4 is 0 Å². The predicted molar refractivity (Wildman–Crippen MR) is 64.4 cm³/mol. The van der Waals surface area contributed by atoms with E-state index in [1.54, 1.807) is 18.2 Å². The van der Waals surface area contributed by atoms with Crippen molar-refractivity contribution in [2.75, 3.05) is 6.61 Å². The van der Waals surface area contributed by atoms with Gasteiger partial charge in [0, 0.05) is 10.9 Å². The van der Waals surface area contributed by atoms with Gasteiger partial charge in [0.2, 0.25) is 5.78 Å². The molecule has 0 aliphatic carbocycles. The van der Waals surface area contributed by atoms with Crippen LogP contribution in [0.25, 0.3) is 0 Å². The van der Waals surface area contributed by atoms with E-state index < -0.39 is 24.1 Å². The zero-order chi connectivity index (χ0) is 13.8. The number of Topliss-reactive ketones (excluding diaryl/α,β-unsaturated/α-hetero) is 1. The van der Waals surface area contributed by atoms with Crippen molar-refractivity contribution in [3.8, 4) is 0 Å². The third kappa shape index (κ3) is 3.35. The lowest BCUT2D eigenvalue weighted by molar-refractivity contribution is -0.176. The van der Waals surface area contributed by atoms with Gasteiger partial charge in [0.15, 0.2) is 0 Å². The van der Waals surface area contributed by atoms with Gasteiger partial charge in [0.1, 0.15) is 0 Å². The van der Waals surface area contributed by atoms with Gasteiger partial charge in [0.05, 0.1) is 6.61 Å². The quantitative estimate of drug-likeness (QED) is 0.619. The highest BCUT2D eigenvalue weighted by Crippen LogP contribution is 2.23. The van der Waals surface area contributed by atoms with Gasteiger partial charge in [-0.25, -0.2) is 4.79 Å². The lowest BCUT2D eigenvalue weighted by atomic mass is 10.0. The zero-order valence-corrected chi connectivity index (χ0v) is 11.2. The Morgan fingerprint density at radius 2 is 1.94 bits per heavy atom. The van der Waals surface area contributed by atoms with Crippen LogP contribution in [0.15, 0.2) is 28.7 Å². The molecule has 0 N–H and O–H groups in total. The first-order chi connectivity index (χ1) is 8.39. The number of carbonyl (C=O) groups excluding carboxylic acids is 2. The highest BCUT2D eigenvalue weighted by molar-refractivity contribution is 9.10. The van der Waals surface area contributed by atoms with Crippen LogP contribution in [0.2, 0.25) is 0 Å². The first kappa shape index (κ1) is 14.8. The molecule has 1 aromatic rings. The summed E-state index contributed by atoms with van der Waals surface area (Å²) >= 11 is 3.15. The molecule has 0 spiro atoms. The van der Waals surface area contributed by atoms with Crippen LogP contribution in [0.4, 0.5) is 8.78 Å². The van der Waals surface area contributed by atoms with Crippen LogP contribution in [0.3, 0.4) is 0 Å². The molecule has 3 nitrogen and oxygen atoms in total. The third-order valence-electron chi connectivity index (χ3n) is 2.19. The van der Waals surface area contributed by atoms with Crippen molar-refractivity contribution in [2.45, 2.75) is 19.3 Å². The highest BCUT2D eigenvalue weighted by Gasteiger charge is 2.48. The minimum absolute atomic E-state index is 0.198. The summed E-state index contributed by atoms with van der Waals surface area (Å²) in [6.07, 6.45) is -0.534. The summed E-state index contributed by atoms with van der Waals surface area (Å²) in [6.45, 7) is 1.20. The smallest absolute Gasteiger partial charge is 0.400 e. The van der Waals surface area contributed by atoms with E-state index >= 15 is 0 Å². The van der Waals surface area contributed by atoms with Gasteiger partial charge in [-0.1, -0.05) is 34.1 Å². The van der Waals surface area contributed by atoms with Gasteiger partial charge >= 0.3 is 11.9 Å². The Labute approximate surface area is 111 Å². The molecule has 0 saturated carbocycles. The number of carbonyl (C=O) groups is 2. The lowest BCUT2D eigenvalue weighted by Gasteiger charge is -2.13. The summed E-state index contributed by atoms with van der Waals surface area (Å²) in [7, 11) is 0. The molecule has 18 heavy (non-hydrogen) atoms. The molecule has 0 fully saturated rings. The average molecular weight is 321 g/mol. The summed E-state index contributed by atoms with van der Waals surface area (Å²) in [4.78, 5) is 22.4. The summed E-state index contributed by atoms with van der Waals surface area (Å²) in [5.41, 5.74) is 0.395. The minimum atomic E-state index is -4.11. The predicted octanol–water partition coefficient (Wildman–Crippen LogP) is 2.76.